The van der Waals surface area contributed by atoms with Gasteiger partial charge in [0.1, 0.15) is 6.04 Å². The van der Waals surface area contributed by atoms with Crippen LogP contribution >= 0.6 is 0 Å². The number of nitro benzene ring substituents is 1. The van der Waals surface area contributed by atoms with Gasteiger partial charge in [0.15, 0.2) is 0 Å². The summed E-state index contributed by atoms with van der Waals surface area (Å²) in [6.45, 7) is 2.61. The van der Waals surface area contributed by atoms with Crippen LogP contribution in [0.2, 0.25) is 0 Å². The SMILES string of the molecule is CCOC(=O)C1Cc2cc([N+](=O)[O-])ccc2CN1. The molecular formula is C12H14N2O4. The van der Waals surface area contributed by atoms with Crippen LogP contribution < -0.4 is 5.32 Å². The van der Waals surface area contributed by atoms with Crippen molar-refractivity contribution in [1.29, 1.82) is 0 Å². The molecule has 1 aromatic rings. The van der Waals surface area contributed by atoms with Crippen LogP contribution in [0.25, 0.3) is 0 Å². The van der Waals surface area contributed by atoms with Crippen LogP contribution in [0, 0.1) is 10.1 Å². The number of esters is 1. The Labute approximate surface area is 104 Å². The van der Waals surface area contributed by atoms with E-state index in [1.54, 1.807) is 13.0 Å². The zero-order valence-electron chi connectivity index (χ0n) is 10.0. The number of hydrogen-bond donors (Lipinski definition) is 1. The molecule has 0 spiro atoms. The van der Waals surface area contributed by atoms with E-state index < -0.39 is 11.0 Å². The average molecular weight is 250 g/mol. The lowest BCUT2D eigenvalue weighted by Gasteiger charge is -2.24. The third-order valence-electron chi connectivity index (χ3n) is 2.93. The maximum atomic E-state index is 11.6. The van der Waals surface area contributed by atoms with Crippen molar-refractivity contribution in [2.75, 3.05) is 6.61 Å². The van der Waals surface area contributed by atoms with Gasteiger partial charge in [-0.05, 0) is 24.5 Å². The fraction of sp³-hybridized carbons (Fsp3) is 0.417. The number of rotatable bonds is 3. The number of nitro groups is 1. The number of nitrogens with zero attached hydrogens (tertiary/aromatic N) is 1. The van der Waals surface area contributed by atoms with E-state index in [9.17, 15) is 14.9 Å². The Morgan fingerprint density at radius 2 is 2.33 bits per heavy atom. The van der Waals surface area contributed by atoms with Gasteiger partial charge in [-0.25, -0.2) is 0 Å². The summed E-state index contributed by atoms with van der Waals surface area (Å²) in [6.07, 6.45) is 0.426. The number of hydrogen-bond acceptors (Lipinski definition) is 5. The molecule has 1 aromatic carbocycles. The highest BCUT2D eigenvalue weighted by atomic mass is 16.6. The maximum absolute atomic E-state index is 11.6. The first-order chi connectivity index (χ1) is 8.61. The van der Waals surface area contributed by atoms with Crippen molar-refractivity contribution in [1.82, 2.24) is 5.32 Å². The van der Waals surface area contributed by atoms with E-state index in [4.69, 9.17) is 4.74 Å². The molecule has 96 valence electrons. The number of benzene rings is 1. The lowest BCUT2D eigenvalue weighted by atomic mass is 9.95. The van der Waals surface area contributed by atoms with E-state index in [0.29, 0.717) is 19.6 Å². The maximum Gasteiger partial charge on any atom is 0.323 e. The van der Waals surface area contributed by atoms with E-state index in [1.807, 2.05) is 0 Å². The minimum Gasteiger partial charge on any atom is -0.465 e. The van der Waals surface area contributed by atoms with Crippen LogP contribution in [0.5, 0.6) is 0 Å². The number of fused-ring (bicyclic) bond motifs is 1. The second-order valence-electron chi connectivity index (χ2n) is 4.10. The van der Waals surface area contributed by atoms with Crippen molar-refractivity contribution in [3.63, 3.8) is 0 Å². The summed E-state index contributed by atoms with van der Waals surface area (Å²) in [7, 11) is 0. The van der Waals surface area contributed by atoms with Crippen molar-refractivity contribution in [2.45, 2.75) is 25.9 Å². The van der Waals surface area contributed by atoms with Gasteiger partial charge in [0.2, 0.25) is 0 Å². The molecule has 18 heavy (non-hydrogen) atoms. The molecule has 0 bridgehead atoms. The quantitative estimate of drug-likeness (QED) is 0.494. The van der Waals surface area contributed by atoms with Crippen molar-refractivity contribution < 1.29 is 14.5 Å². The summed E-state index contributed by atoms with van der Waals surface area (Å²) in [5.74, 6) is -0.311. The minimum atomic E-state index is -0.429. The topological polar surface area (TPSA) is 81.5 Å². The summed E-state index contributed by atoms with van der Waals surface area (Å²) < 4.78 is 4.94. The highest BCUT2D eigenvalue weighted by Crippen LogP contribution is 2.22. The van der Waals surface area contributed by atoms with Crippen LogP contribution in [0.3, 0.4) is 0 Å². The molecule has 1 atom stereocenters. The molecule has 6 heteroatoms. The predicted octanol–water partition coefficient (Wildman–Crippen LogP) is 1.17. The molecule has 0 aliphatic carbocycles. The van der Waals surface area contributed by atoms with Crippen LogP contribution in [-0.2, 0) is 22.5 Å². The third-order valence-corrected chi connectivity index (χ3v) is 2.93. The molecule has 0 amide bonds. The summed E-state index contributed by atoms with van der Waals surface area (Å²) in [6, 6.07) is 4.31. The largest absolute Gasteiger partial charge is 0.465 e. The summed E-state index contributed by atoms with van der Waals surface area (Å²) >= 11 is 0. The minimum absolute atomic E-state index is 0.0539. The summed E-state index contributed by atoms with van der Waals surface area (Å²) in [5.41, 5.74) is 1.88. The fourth-order valence-corrected chi connectivity index (χ4v) is 2.02. The zero-order chi connectivity index (χ0) is 13.1. The van der Waals surface area contributed by atoms with E-state index >= 15 is 0 Å². The molecular weight excluding hydrogens is 236 g/mol. The van der Waals surface area contributed by atoms with Crippen LogP contribution in [0.4, 0.5) is 5.69 Å². The van der Waals surface area contributed by atoms with E-state index in [2.05, 4.69) is 5.32 Å². The molecule has 6 nitrogen and oxygen atoms in total. The molecule has 0 aromatic heterocycles. The second-order valence-corrected chi connectivity index (χ2v) is 4.10. The Morgan fingerprint density at radius 1 is 1.56 bits per heavy atom. The van der Waals surface area contributed by atoms with Crippen molar-refractivity contribution in [2.24, 2.45) is 0 Å². The summed E-state index contributed by atoms with van der Waals surface area (Å²) in [4.78, 5) is 21.9. The average Bonchev–Trinajstić information content (AvgIpc) is 2.37. The molecule has 0 radical (unpaired) electrons. The lowest BCUT2D eigenvalue weighted by molar-refractivity contribution is -0.384. The molecule has 1 heterocycles. The Kier molecular flexibility index (Phi) is 3.57. The van der Waals surface area contributed by atoms with Crippen LogP contribution in [0.1, 0.15) is 18.1 Å². The van der Waals surface area contributed by atoms with Gasteiger partial charge in [-0.15, -0.1) is 0 Å². The van der Waals surface area contributed by atoms with Gasteiger partial charge in [-0.3, -0.25) is 14.9 Å². The Morgan fingerprint density at radius 3 is 3.00 bits per heavy atom. The molecule has 1 N–H and O–H groups in total. The van der Waals surface area contributed by atoms with Crippen molar-refractivity contribution in [3.8, 4) is 0 Å². The zero-order valence-corrected chi connectivity index (χ0v) is 10.0. The van der Waals surface area contributed by atoms with E-state index in [0.717, 1.165) is 11.1 Å². The second kappa shape index (κ2) is 5.14. The molecule has 2 rings (SSSR count). The number of carbonyl (C=O) groups excluding carboxylic acids is 1. The van der Waals surface area contributed by atoms with Gasteiger partial charge < -0.3 is 10.1 Å². The number of carbonyl (C=O) groups is 1. The van der Waals surface area contributed by atoms with Crippen LogP contribution in [-0.4, -0.2) is 23.5 Å². The number of non-ortho nitro benzene ring substituents is 1. The smallest absolute Gasteiger partial charge is 0.323 e. The molecule has 0 fully saturated rings. The highest BCUT2D eigenvalue weighted by Gasteiger charge is 2.26. The molecule has 0 saturated heterocycles. The first-order valence-electron chi connectivity index (χ1n) is 5.78. The van der Waals surface area contributed by atoms with Crippen molar-refractivity contribution in [3.05, 3.63) is 39.4 Å². The van der Waals surface area contributed by atoms with Gasteiger partial charge in [0.05, 0.1) is 11.5 Å². The Bertz CT molecular complexity index is 487. The standard InChI is InChI=1S/C12H14N2O4/c1-2-18-12(15)11-6-9-5-10(14(16)17)4-3-8(9)7-13-11/h3-5,11,13H,2,6-7H2,1H3. The lowest BCUT2D eigenvalue weighted by Crippen LogP contribution is -2.42. The Balaban J connectivity index is 2.19. The van der Waals surface area contributed by atoms with Crippen molar-refractivity contribution >= 4 is 11.7 Å². The third kappa shape index (κ3) is 2.48. The normalized spacial score (nSPS) is 17.9. The molecule has 1 aliphatic heterocycles. The molecule has 0 saturated carbocycles. The van der Waals surface area contributed by atoms with Gasteiger partial charge in [0, 0.05) is 18.7 Å². The van der Waals surface area contributed by atoms with Gasteiger partial charge in [0.25, 0.3) is 5.69 Å². The predicted molar refractivity (Wildman–Crippen MR) is 64.1 cm³/mol. The van der Waals surface area contributed by atoms with Gasteiger partial charge in [-0.1, -0.05) is 6.07 Å². The first kappa shape index (κ1) is 12.5. The first-order valence-corrected chi connectivity index (χ1v) is 5.78. The number of nitrogens with one attached hydrogen (secondary N) is 1. The molecule has 1 unspecified atom stereocenters. The molecule has 1 aliphatic rings. The fourth-order valence-electron chi connectivity index (χ4n) is 2.02. The van der Waals surface area contributed by atoms with Gasteiger partial charge >= 0.3 is 5.97 Å². The van der Waals surface area contributed by atoms with E-state index in [1.165, 1.54) is 12.1 Å². The highest BCUT2D eigenvalue weighted by molar-refractivity contribution is 5.76. The van der Waals surface area contributed by atoms with Gasteiger partial charge in [-0.2, -0.15) is 0 Å². The van der Waals surface area contributed by atoms with Crippen LogP contribution in [0.15, 0.2) is 18.2 Å². The summed E-state index contributed by atoms with van der Waals surface area (Å²) in [5, 5.41) is 13.8. The number of ether oxygens (including phenoxy) is 1. The Hall–Kier alpha value is -1.95. The monoisotopic (exact) mass is 250 g/mol. The van der Waals surface area contributed by atoms with E-state index in [-0.39, 0.29) is 11.7 Å².